The molecule has 0 radical (unpaired) electrons. The number of ketones is 2. The molecule has 0 N–H and O–H groups in total. The third-order valence-corrected chi connectivity index (χ3v) is 12.8. The van der Waals surface area contributed by atoms with Crippen molar-refractivity contribution in [3.63, 3.8) is 0 Å². The zero-order chi connectivity index (χ0) is 30.2. The summed E-state index contributed by atoms with van der Waals surface area (Å²) in [5, 5.41) is 2.96. The normalized spacial score (nSPS) is 13.1. The Hall–Kier alpha value is -3.82. The van der Waals surface area contributed by atoms with Crippen molar-refractivity contribution < 1.29 is 22.8 Å². The molecule has 4 aromatic carbocycles. The van der Waals surface area contributed by atoms with Crippen LogP contribution in [0.2, 0.25) is 0 Å². The summed E-state index contributed by atoms with van der Waals surface area (Å²) in [7, 11) is -2.29. The molecular formula is C37H35F3O2P+. The first-order valence-corrected chi connectivity index (χ1v) is 16.9. The van der Waals surface area contributed by atoms with Crippen molar-refractivity contribution in [2.45, 2.75) is 51.4 Å². The SMILES string of the molecule is O=C1C=C(CCCCCCCCC[P+](c2ccc(F)cc2)(c2ccc(F)cc2)c2ccc(F)cc2)C(=O)c2ccccc21. The minimum atomic E-state index is -2.29. The predicted octanol–water partition coefficient (Wildman–Crippen LogP) is 8.52. The van der Waals surface area contributed by atoms with Crippen LogP contribution in [0.3, 0.4) is 0 Å². The summed E-state index contributed by atoms with van der Waals surface area (Å²) in [4.78, 5) is 25.2. The number of carbonyl (C=O) groups excluding carboxylic acids is 2. The largest absolute Gasteiger partial charge is 0.289 e. The fourth-order valence-corrected chi connectivity index (χ4v) is 10.4. The minimum absolute atomic E-state index is 0.0366. The lowest BCUT2D eigenvalue weighted by molar-refractivity contribution is 0.0981. The van der Waals surface area contributed by atoms with Gasteiger partial charge in [-0.05, 0) is 105 Å². The second kappa shape index (κ2) is 14.1. The molecule has 0 heterocycles. The van der Waals surface area contributed by atoms with Crippen LogP contribution in [0.25, 0.3) is 0 Å². The number of carbonyl (C=O) groups is 2. The summed E-state index contributed by atoms with van der Waals surface area (Å²) in [6.45, 7) is 0. The highest BCUT2D eigenvalue weighted by molar-refractivity contribution is 7.95. The van der Waals surface area contributed by atoms with Gasteiger partial charge in [0.1, 0.15) is 40.6 Å². The van der Waals surface area contributed by atoms with E-state index in [9.17, 15) is 22.8 Å². The molecule has 2 nitrogen and oxygen atoms in total. The molecule has 5 rings (SSSR count). The third-order valence-electron chi connectivity index (χ3n) is 8.28. The first-order chi connectivity index (χ1) is 20.9. The van der Waals surface area contributed by atoms with Crippen molar-refractivity contribution >= 4 is 34.7 Å². The Bertz CT molecular complexity index is 1480. The van der Waals surface area contributed by atoms with Crippen LogP contribution in [0.4, 0.5) is 13.2 Å². The Balaban J connectivity index is 1.18. The number of hydrogen-bond acceptors (Lipinski definition) is 2. The van der Waals surface area contributed by atoms with E-state index in [0.29, 0.717) is 23.1 Å². The zero-order valence-electron chi connectivity index (χ0n) is 24.1. The molecule has 0 saturated carbocycles. The number of benzene rings is 4. The fourth-order valence-electron chi connectivity index (χ4n) is 6.03. The molecule has 0 amide bonds. The predicted molar refractivity (Wildman–Crippen MR) is 170 cm³/mol. The van der Waals surface area contributed by atoms with Gasteiger partial charge in [-0.15, -0.1) is 0 Å². The molecule has 0 bridgehead atoms. The molecule has 220 valence electrons. The monoisotopic (exact) mass is 599 g/mol. The number of rotatable bonds is 13. The van der Waals surface area contributed by atoms with E-state index in [4.69, 9.17) is 0 Å². The van der Waals surface area contributed by atoms with Gasteiger partial charge in [-0.1, -0.05) is 49.9 Å². The topological polar surface area (TPSA) is 34.1 Å². The molecule has 0 fully saturated rings. The third kappa shape index (κ3) is 7.05. The number of halogens is 3. The van der Waals surface area contributed by atoms with Gasteiger partial charge < -0.3 is 0 Å². The minimum Gasteiger partial charge on any atom is -0.289 e. The summed E-state index contributed by atoms with van der Waals surface area (Å²) in [6.07, 6.45) is 9.83. The summed E-state index contributed by atoms with van der Waals surface area (Å²) in [5.74, 6) is -1.08. The van der Waals surface area contributed by atoms with Crippen LogP contribution in [-0.4, -0.2) is 17.7 Å². The van der Waals surface area contributed by atoms with Gasteiger partial charge in [0, 0.05) is 16.7 Å². The van der Waals surface area contributed by atoms with E-state index in [1.807, 2.05) is 36.4 Å². The number of allylic oxidation sites excluding steroid dienone is 2. The highest BCUT2D eigenvalue weighted by atomic mass is 31.2. The lowest BCUT2D eigenvalue weighted by atomic mass is 9.87. The van der Waals surface area contributed by atoms with Crippen LogP contribution in [-0.2, 0) is 0 Å². The number of Topliss-reactive ketones (excluding diaryl/α,β-unsaturated/α-hetero) is 1. The highest BCUT2D eigenvalue weighted by Gasteiger charge is 2.44. The Labute approximate surface area is 252 Å². The van der Waals surface area contributed by atoms with Crippen LogP contribution in [0.15, 0.2) is 109 Å². The molecule has 6 heteroatoms. The van der Waals surface area contributed by atoms with Gasteiger partial charge in [-0.25, -0.2) is 13.2 Å². The summed E-state index contributed by atoms with van der Waals surface area (Å²) < 4.78 is 41.8. The van der Waals surface area contributed by atoms with Crippen LogP contribution in [0.5, 0.6) is 0 Å². The van der Waals surface area contributed by atoms with Crippen molar-refractivity contribution in [2.75, 3.05) is 6.16 Å². The van der Waals surface area contributed by atoms with Crippen LogP contribution < -0.4 is 15.9 Å². The summed E-state index contributed by atoms with van der Waals surface area (Å²) in [5.41, 5.74) is 1.60. The van der Waals surface area contributed by atoms with Gasteiger partial charge in [-0.3, -0.25) is 9.59 Å². The number of hydrogen-bond donors (Lipinski definition) is 0. The van der Waals surface area contributed by atoms with E-state index in [2.05, 4.69) is 0 Å². The maximum atomic E-state index is 13.9. The standard InChI is InChI=1S/C37H35F3O2P/c38-28-13-19-31(20-14-28)43(32-21-15-29(39)16-22-32,33-23-17-30(40)18-24-33)25-9-5-3-1-2-4-6-10-27-26-36(41)34-11-7-8-12-35(34)37(27)42/h7-8,11-24,26H,1-6,9-10,25H2/q+1. The zero-order valence-corrected chi connectivity index (χ0v) is 25.0. The molecule has 1 aliphatic carbocycles. The van der Waals surface area contributed by atoms with Gasteiger partial charge in [0.15, 0.2) is 11.6 Å². The number of unbranched alkanes of at least 4 members (excludes halogenated alkanes) is 6. The van der Waals surface area contributed by atoms with Crippen LogP contribution >= 0.6 is 7.26 Å². The Morgan fingerprint density at radius 1 is 0.488 bits per heavy atom. The first-order valence-electron chi connectivity index (χ1n) is 14.9. The quantitative estimate of drug-likeness (QED) is 0.114. The molecule has 0 aliphatic heterocycles. The Morgan fingerprint density at radius 2 is 0.907 bits per heavy atom. The number of fused-ring (bicyclic) bond motifs is 1. The maximum Gasteiger partial charge on any atom is 0.189 e. The van der Waals surface area contributed by atoms with E-state index in [-0.39, 0.29) is 29.0 Å². The van der Waals surface area contributed by atoms with E-state index < -0.39 is 7.26 Å². The average molecular weight is 600 g/mol. The van der Waals surface area contributed by atoms with Gasteiger partial charge in [-0.2, -0.15) is 0 Å². The van der Waals surface area contributed by atoms with Crippen molar-refractivity contribution in [3.8, 4) is 0 Å². The molecule has 1 aliphatic rings. The molecule has 4 aromatic rings. The smallest absolute Gasteiger partial charge is 0.189 e. The van der Waals surface area contributed by atoms with Gasteiger partial charge in [0.2, 0.25) is 0 Å². The molecular weight excluding hydrogens is 564 g/mol. The van der Waals surface area contributed by atoms with Gasteiger partial charge in [0.25, 0.3) is 0 Å². The average Bonchev–Trinajstić information content (AvgIpc) is 3.02. The molecule has 43 heavy (non-hydrogen) atoms. The van der Waals surface area contributed by atoms with E-state index >= 15 is 0 Å². The van der Waals surface area contributed by atoms with Crippen LogP contribution in [0, 0.1) is 17.5 Å². The van der Waals surface area contributed by atoms with Crippen molar-refractivity contribution in [2.24, 2.45) is 0 Å². The van der Waals surface area contributed by atoms with Gasteiger partial charge in [0.05, 0.1) is 6.16 Å². The molecule has 0 spiro atoms. The summed E-state index contributed by atoms with van der Waals surface area (Å²) >= 11 is 0. The first kappa shape index (κ1) is 30.6. The molecule has 0 unspecified atom stereocenters. The Kier molecular flexibility index (Phi) is 10.0. The maximum absolute atomic E-state index is 13.9. The fraction of sp³-hybridized carbons (Fsp3) is 0.243. The second-order valence-electron chi connectivity index (χ2n) is 11.1. The molecule has 0 saturated heterocycles. The highest BCUT2D eigenvalue weighted by Crippen LogP contribution is 2.56. The van der Waals surface area contributed by atoms with E-state index in [0.717, 1.165) is 67.0 Å². The molecule has 0 atom stereocenters. The van der Waals surface area contributed by atoms with E-state index in [1.165, 1.54) is 42.5 Å². The molecule has 0 aromatic heterocycles. The van der Waals surface area contributed by atoms with Crippen molar-refractivity contribution in [1.82, 2.24) is 0 Å². The van der Waals surface area contributed by atoms with Crippen molar-refractivity contribution in [3.05, 3.63) is 137 Å². The van der Waals surface area contributed by atoms with E-state index in [1.54, 1.807) is 24.3 Å². The van der Waals surface area contributed by atoms with Crippen molar-refractivity contribution in [1.29, 1.82) is 0 Å². The Morgan fingerprint density at radius 3 is 1.40 bits per heavy atom. The van der Waals surface area contributed by atoms with Crippen LogP contribution in [0.1, 0.15) is 72.1 Å². The lowest BCUT2D eigenvalue weighted by Gasteiger charge is -2.28. The second-order valence-corrected chi connectivity index (χ2v) is 14.7. The lowest BCUT2D eigenvalue weighted by Crippen LogP contribution is -2.33. The summed E-state index contributed by atoms with van der Waals surface area (Å²) in [6, 6.07) is 26.6. The van der Waals surface area contributed by atoms with Gasteiger partial charge >= 0.3 is 0 Å².